The molecule has 2 aromatic carbocycles. The van der Waals surface area contributed by atoms with E-state index >= 15 is 0 Å². The van der Waals surface area contributed by atoms with Gasteiger partial charge in [0.05, 0.1) is 5.92 Å². The minimum Gasteiger partial charge on any atom is -0.440 e. The molecule has 0 aliphatic carbocycles. The van der Waals surface area contributed by atoms with Crippen LogP contribution in [0.5, 0.6) is 0 Å². The third-order valence-electron chi connectivity index (χ3n) is 4.63. The van der Waals surface area contributed by atoms with Gasteiger partial charge >= 0.3 is 0 Å². The van der Waals surface area contributed by atoms with Gasteiger partial charge in [0.15, 0.2) is 17.1 Å². The average Bonchev–Trinajstić information content (AvgIpc) is 3.26. The summed E-state index contributed by atoms with van der Waals surface area (Å²) >= 11 is 0. The first-order valence-corrected chi connectivity index (χ1v) is 8.33. The number of fused-ring (bicyclic) bond motifs is 2. The summed E-state index contributed by atoms with van der Waals surface area (Å²) in [5.74, 6) is 1.08. The van der Waals surface area contributed by atoms with Gasteiger partial charge in [0.25, 0.3) is 6.01 Å². The third kappa shape index (κ3) is 2.24. The number of aromatic nitrogens is 2. The Morgan fingerprint density at radius 3 is 2.33 bits per heavy atom. The molecule has 5 nitrogen and oxygen atoms in total. The lowest BCUT2D eigenvalue weighted by atomic mass is 9.98. The first-order valence-electron chi connectivity index (χ1n) is 8.33. The van der Waals surface area contributed by atoms with Crippen LogP contribution in [-0.4, -0.2) is 23.1 Å². The van der Waals surface area contributed by atoms with Crippen LogP contribution in [0.2, 0.25) is 0 Å². The highest BCUT2D eigenvalue weighted by Crippen LogP contribution is 2.32. The molecule has 0 amide bonds. The quantitative estimate of drug-likeness (QED) is 0.549. The van der Waals surface area contributed by atoms with Gasteiger partial charge in [-0.25, -0.2) is 4.98 Å². The van der Waals surface area contributed by atoms with E-state index in [1.54, 1.807) is 0 Å². The normalized spacial score (nSPS) is 18.5. The predicted octanol–water partition coefficient (Wildman–Crippen LogP) is 4.35. The number of hydrogen-bond acceptors (Lipinski definition) is 5. The molecule has 5 rings (SSSR count). The van der Waals surface area contributed by atoms with Crippen LogP contribution in [0.3, 0.4) is 0 Å². The molecule has 0 saturated carbocycles. The number of anilines is 1. The number of hydrogen-bond donors (Lipinski definition) is 0. The standard InChI is InChI=1S/C19H17N3O2/c1-3-9-16-14(7-1)20-18(23-16)13-6-5-11-22(12-13)19-21-15-8-2-4-10-17(15)24-19/h1-4,7-10,13H,5-6,11-12H2. The lowest BCUT2D eigenvalue weighted by Crippen LogP contribution is -2.34. The molecule has 0 spiro atoms. The van der Waals surface area contributed by atoms with Crippen LogP contribution >= 0.6 is 0 Å². The zero-order valence-corrected chi connectivity index (χ0v) is 13.2. The molecule has 2 aromatic heterocycles. The van der Waals surface area contributed by atoms with Crippen LogP contribution in [0.1, 0.15) is 24.7 Å². The van der Waals surface area contributed by atoms with Crippen LogP contribution in [0.15, 0.2) is 57.4 Å². The molecule has 1 aliphatic heterocycles. The Morgan fingerprint density at radius 1 is 0.875 bits per heavy atom. The maximum atomic E-state index is 5.96. The van der Waals surface area contributed by atoms with Crippen molar-refractivity contribution in [1.29, 1.82) is 0 Å². The molecule has 24 heavy (non-hydrogen) atoms. The van der Waals surface area contributed by atoms with Gasteiger partial charge in [-0.15, -0.1) is 0 Å². The summed E-state index contributed by atoms with van der Waals surface area (Å²) in [6.45, 7) is 1.77. The largest absolute Gasteiger partial charge is 0.440 e. The van der Waals surface area contributed by atoms with Crippen LogP contribution in [0, 0.1) is 0 Å². The number of oxazole rings is 2. The maximum absolute atomic E-state index is 5.96. The van der Waals surface area contributed by atoms with Crippen LogP contribution < -0.4 is 4.90 Å². The van der Waals surface area contributed by atoms with Gasteiger partial charge in [-0.2, -0.15) is 4.98 Å². The molecule has 1 aliphatic rings. The fourth-order valence-electron chi connectivity index (χ4n) is 3.41. The van der Waals surface area contributed by atoms with Gasteiger partial charge in [0, 0.05) is 13.1 Å². The van der Waals surface area contributed by atoms with Crippen molar-refractivity contribution in [2.75, 3.05) is 18.0 Å². The van der Waals surface area contributed by atoms with E-state index in [9.17, 15) is 0 Å². The van der Waals surface area contributed by atoms with Gasteiger partial charge in [-0.05, 0) is 37.1 Å². The van der Waals surface area contributed by atoms with Crippen molar-refractivity contribution in [3.05, 3.63) is 54.4 Å². The summed E-state index contributed by atoms with van der Waals surface area (Å²) < 4.78 is 11.9. The fourth-order valence-corrected chi connectivity index (χ4v) is 3.41. The van der Waals surface area contributed by atoms with Gasteiger partial charge in [0.1, 0.15) is 11.0 Å². The Balaban J connectivity index is 1.45. The second-order valence-electron chi connectivity index (χ2n) is 6.27. The van der Waals surface area contributed by atoms with Crippen LogP contribution in [0.4, 0.5) is 6.01 Å². The van der Waals surface area contributed by atoms with E-state index in [2.05, 4.69) is 14.9 Å². The molecule has 1 unspecified atom stereocenters. The molecular formula is C19H17N3O2. The van der Waals surface area contributed by atoms with Crippen LogP contribution in [0.25, 0.3) is 22.2 Å². The van der Waals surface area contributed by atoms with E-state index < -0.39 is 0 Å². The number of piperidine rings is 1. The lowest BCUT2D eigenvalue weighted by Gasteiger charge is -2.29. The topological polar surface area (TPSA) is 55.3 Å². The van der Waals surface area contributed by atoms with Crippen LogP contribution in [-0.2, 0) is 0 Å². The summed E-state index contributed by atoms with van der Waals surface area (Å²) in [6.07, 6.45) is 2.14. The van der Waals surface area contributed by atoms with Crippen molar-refractivity contribution < 1.29 is 8.83 Å². The highest BCUT2D eigenvalue weighted by molar-refractivity contribution is 5.74. The monoisotopic (exact) mass is 319 g/mol. The summed E-state index contributed by atoms with van der Waals surface area (Å²) in [4.78, 5) is 11.5. The van der Waals surface area contributed by atoms with Crippen molar-refractivity contribution in [1.82, 2.24) is 9.97 Å². The van der Waals surface area contributed by atoms with Crippen molar-refractivity contribution in [2.45, 2.75) is 18.8 Å². The molecule has 4 aromatic rings. The molecule has 1 fully saturated rings. The number of nitrogens with zero attached hydrogens (tertiary/aromatic N) is 3. The Bertz CT molecular complexity index is 858. The lowest BCUT2D eigenvalue weighted by molar-refractivity contribution is 0.400. The molecular weight excluding hydrogens is 302 g/mol. The highest BCUT2D eigenvalue weighted by atomic mass is 16.4. The summed E-state index contributed by atoms with van der Waals surface area (Å²) in [5, 5.41) is 0. The molecule has 1 atom stereocenters. The Labute approximate surface area is 138 Å². The van der Waals surface area contributed by atoms with E-state index in [0.29, 0.717) is 6.01 Å². The van der Waals surface area contributed by atoms with Gasteiger partial charge in [-0.1, -0.05) is 24.3 Å². The maximum Gasteiger partial charge on any atom is 0.298 e. The van der Waals surface area contributed by atoms with Crippen molar-refractivity contribution in [2.24, 2.45) is 0 Å². The first-order chi connectivity index (χ1) is 11.9. The molecule has 0 bridgehead atoms. The first kappa shape index (κ1) is 13.6. The van der Waals surface area contributed by atoms with Gasteiger partial charge in [0.2, 0.25) is 0 Å². The fraction of sp³-hybridized carbons (Fsp3) is 0.263. The molecule has 3 heterocycles. The van der Waals surface area contributed by atoms with E-state index in [1.807, 2.05) is 48.5 Å². The van der Waals surface area contributed by atoms with Crippen molar-refractivity contribution >= 4 is 28.2 Å². The summed E-state index contributed by atoms with van der Waals surface area (Å²) in [5.41, 5.74) is 3.51. The second-order valence-corrected chi connectivity index (χ2v) is 6.27. The van der Waals surface area contributed by atoms with E-state index in [0.717, 1.165) is 54.0 Å². The van der Waals surface area contributed by atoms with Crippen molar-refractivity contribution in [3.63, 3.8) is 0 Å². The highest BCUT2D eigenvalue weighted by Gasteiger charge is 2.27. The zero-order valence-electron chi connectivity index (χ0n) is 13.2. The molecule has 0 radical (unpaired) electrons. The van der Waals surface area contributed by atoms with Gasteiger partial charge in [-0.3, -0.25) is 0 Å². The van der Waals surface area contributed by atoms with E-state index in [-0.39, 0.29) is 5.92 Å². The number of rotatable bonds is 2. The Hall–Kier alpha value is -2.82. The minimum absolute atomic E-state index is 0.265. The minimum atomic E-state index is 0.265. The number of benzene rings is 2. The molecule has 5 heteroatoms. The Morgan fingerprint density at radius 2 is 1.58 bits per heavy atom. The smallest absolute Gasteiger partial charge is 0.298 e. The second kappa shape index (κ2) is 5.37. The Kier molecular flexibility index (Phi) is 3.04. The SMILES string of the molecule is c1ccc2oc(C3CCCN(c4nc5ccccc5o4)C3)nc2c1. The summed E-state index contributed by atoms with van der Waals surface area (Å²) in [6, 6.07) is 16.5. The molecule has 1 saturated heterocycles. The summed E-state index contributed by atoms with van der Waals surface area (Å²) in [7, 11) is 0. The molecule has 120 valence electrons. The average molecular weight is 319 g/mol. The predicted molar refractivity (Wildman–Crippen MR) is 92.2 cm³/mol. The van der Waals surface area contributed by atoms with E-state index in [1.165, 1.54) is 0 Å². The number of para-hydroxylation sites is 4. The van der Waals surface area contributed by atoms with Gasteiger partial charge < -0.3 is 13.7 Å². The zero-order chi connectivity index (χ0) is 15.9. The third-order valence-corrected chi connectivity index (χ3v) is 4.63. The van der Waals surface area contributed by atoms with Crippen molar-refractivity contribution in [3.8, 4) is 0 Å². The molecule has 0 N–H and O–H groups in total. The van der Waals surface area contributed by atoms with E-state index in [4.69, 9.17) is 8.83 Å².